The number of fused-ring (bicyclic) bond motifs is 3. The third kappa shape index (κ3) is 3.56. The number of likely N-dealkylation sites (N-methyl/N-ethyl adjacent to an activating group) is 1. The van der Waals surface area contributed by atoms with Crippen LogP contribution in [0.3, 0.4) is 0 Å². The van der Waals surface area contributed by atoms with E-state index in [1.54, 1.807) is 24.2 Å². The van der Waals surface area contributed by atoms with Crippen molar-refractivity contribution in [2.24, 2.45) is 0 Å². The van der Waals surface area contributed by atoms with Crippen LogP contribution in [0.5, 0.6) is 5.88 Å². The number of hydrogen-bond donors (Lipinski definition) is 1. The van der Waals surface area contributed by atoms with Gasteiger partial charge in [0.2, 0.25) is 5.88 Å². The van der Waals surface area contributed by atoms with E-state index in [1.165, 1.54) is 0 Å². The second kappa shape index (κ2) is 8.39. The normalized spacial score (nSPS) is 20.4. The van der Waals surface area contributed by atoms with Gasteiger partial charge in [0.15, 0.2) is 0 Å². The molecule has 1 aliphatic heterocycles. The van der Waals surface area contributed by atoms with Gasteiger partial charge in [0.25, 0.3) is 5.56 Å². The van der Waals surface area contributed by atoms with Crippen molar-refractivity contribution in [3.63, 3.8) is 0 Å². The highest BCUT2D eigenvalue weighted by Crippen LogP contribution is 2.36. The second-order valence-corrected chi connectivity index (χ2v) is 8.74. The molecular weight excluding hydrogens is 404 g/mol. The highest BCUT2D eigenvalue weighted by molar-refractivity contribution is 5.97. The monoisotopic (exact) mass is 432 g/mol. The number of hydrogen-bond acceptors (Lipinski definition) is 6. The lowest BCUT2D eigenvalue weighted by molar-refractivity contribution is 0.0735. The van der Waals surface area contributed by atoms with Crippen molar-refractivity contribution in [2.45, 2.75) is 44.2 Å². The minimum Gasteiger partial charge on any atom is -0.481 e. The Morgan fingerprint density at radius 2 is 2.06 bits per heavy atom. The molecule has 3 aromatic rings. The summed E-state index contributed by atoms with van der Waals surface area (Å²) < 4.78 is 6.93. The topological polar surface area (TPSA) is 80.5 Å². The molecule has 1 saturated carbocycles. The average Bonchev–Trinajstić information content (AvgIpc) is 2.81. The van der Waals surface area contributed by atoms with Crippen LogP contribution in [0.15, 0.2) is 41.6 Å². The summed E-state index contributed by atoms with van der Waals surface area (Å²) in [6.07, 6.45) is 11.3. The molecule has 2 atom stereocenters. The molecule has 32 heavy (non-hydrogen) atoms. The number of benzene rings is 1. The van der Waals surface area contributed by atoms with Gasteiger partial charge in [0.05, 0.1) is 36.7 Å². The number of nitrogens with zero attached hydrogens (tertiary/aromatic N) is 4. The van der Waals surface area contributed by atoms with E-state index in [-0.39, 0.29) is 11.6 Å². The van der Waals surface area contributed by atoms with E-state index >= 15 is 0 Å². The smallest absolute Gasteiger partial charge is 0.261 e. The van der Waals surface area contributed by atoms with Crippen LogP contribution in [-0.4, -0.2) is 46.4 Å². The lowest BCUT2D eigenvalue weighted by atomic mass is 9.92. The van der Waals surface area contributed by atoms with E-state index < -0.39 is 6.10 Å². The number of aliphatic hydroxyl groups is 1. The maximum absolute atomic E-state index is 13.6. The molecule has 5 rings (SSSR count). The van der Waals surface area contributed by atoms with Crippen LogP contribution in [0.4, 0.5) is 5.69 Å². The molecule has 1 fully saturated rings. The molecule has 7 nitrogen and oxygen atoms in total. The summed E-state index contributed by atoms with van der Waals surface area (Å²) in [5.41, 5.74) is 4.82. The first-order valence-electron chi connectivity index (χ1n) is 11.2. The Morgan fingerprint density at radius 1 is 1.22 bits per heavy atom. The van der Waals surface area contributed by atoms with Gasteiger partial charge in [-0.15, -0.1) is 0 Å². The summed E-state index contributed by atoms with van der Waals surface area (Å²) in [5.74, 6) is 0.570. The molecular formula is C25H28N4O3. The standard InChI is InChI=1S/C25H28N4O3/c1-28-11-5-6-18-17(12-16-9-10-26-22(13-16)32-2)14-19-23(24(18)28)27-15-29(25(19)31)20-7-3-4-8-21(20)30/h5-6,9-10,13-15,20-21,30H,3-4,7-8,11-12H2,1-2H3. The highest BCUT2D eigenvalue weighted by Gasteiger charge is 2.27. The fourth-order valence-electron chi connectivity index (χ4n) is 5.02. The van der Waals surface area contributed by atoms with Crippen LogP contribution >= 0.6 is 0 Å². The quantitative estimate of drug-likeness (QED) is 0.681. The molecule has 1 aromatic carbocycles. The number of anilines is 1. The third-order valence-corrected chi connectivity index (χ3v) is 6.67. The summed E-state index contributed by atoms with van der Waals surface area (Å²) in [6.45, 7) is 0.765. The van der Waals surface area contributed by atoms with E-state index in [9.17, 15) is 9.90 Å². The van der Waals surface area contributed by atoms with Crippen LogP contribution in [0, 0.1) is 0 Å². The molecule has 0 amide bonds. The molecule has 1 aliphatic carbocycles. The van der Waals surface area contributed by atoms with Gasteiger partial charge in [0.1, 0.15) is 5.52 Å². The first kappa shape index (κ1) is 20.7. The van der Waals surface area contributed by atoms with E-state index in [4.69, 9.17) is 9.72 Å². The van der Waals surface area contributed by atoms with Gasteiger partial charge in [-0.05, 0) is 42.5 Å². The van der Waals surface area contributed by atoms with Crippen molar-refractivity contribution < 1.29 is 9.84 Å². The SMILES string of the molecule is COc1cc(Cc2cc3c(=O)n(C4CCCCC4O)cnc3c3c2C=CCN3C)ccn1. The summed E-state index contributed by atoms with van der Waals surface area (Å²) in [7, 11) is 3.63. The van der Waals surface area contributed by atoms with Crippen molar-refractivity contribution in [2.75, 3.05) is 25.6 Å². The first-order valence-corrected chi connectivity index (χ1v) is 11.2. The highest BCUT2D eigenvalue weighted by atomic mass is 16.5. The average molecular weight is 433 g/mol. The molecule has 2 aliphatic rings. The summed E-state index contributed by atoms with van der Waals surface area (Å²) in [6, 6.07) is 5.66. The zero-order valence-electron chi connectivity index (χ0n) is 18.5. The largest absolute Gasteiger partial charge is 0.481 e. The predicted octanol–water partition coefficient (Wildman–Crippen LogP) is 3.33. The van der Waals surface area contributed by atoms with Crippen molar-refractivity contribution in [1.29, 1.82) is 0 Å². The lowest BCUT2D eigenvalue weighted by Gasteiger charge is -2.30. The number of rotatable bonds is 4. The van der Waals surface area contributed by atoms with Gasteiger partial charge in [-0.3, -0.25) is 9.36 Å². The van der Waals surface area contributed by atoms with E-state index in [1.807, 2.05) is 25.2 Å². The number of aliphatic hydroxyl groups excluding tert-OH is 1. The van der Waals surface area contributed by atoms with Crippen LogP contribution in [-0.2, 0) is 6.42 Å². The molecule has 1 N–H and O–H groups in total. The maximum Gasteiger partial charge on any atom is 0.261 e. The minimum absolute atomic E-state index is 0.0831. The van der Waals surface area contributed by atoms with E-state index in [0.29, 0.717) is 17.7 Å². The van der Waals surface area contributed by atoms with Gasteiger partial charge in [0, 0.05) is 31.4 Å². The number of methoxy groups -OCH3 is 1. The number of aromatic nitrogens is 3. The molecule has 3 heterocycles. The Balaban J connectivity index is 1.68. The molecule has 2 unspecified atom stereocenters. The van der Waals surface area contributed by atoms with Crippen LogP contribution in [0.2, 0.25) is 0 Å². The van der Waals surface area contributed by atoms with E-state index in [0.717, 1.165) is 60.1 Å². The fraction of sp³-hybridized carbons (Fsp3) is 0.400. The number of pyridine rings is 1. The molecule has 0 spiro atoms. The molecule has 0 saturated heterocycles. The Kier molecular flexibility index (Phi) is 5.43. The fourth-order valence-corrected chi connectivity index (χ4v) is 5.02. The lowest BCUT2D eigenvalue weighted by Crippen LogP contribution is -2.35. The third-order valence-electron chi connectivity index (χ3n) is 6.67. The second-order valence-electron chi connectivity index (χ2n) is 8.74. The zero-order valence-corrected chi connectivity index (χ0v) is 18.5. The van der Waals surface area contributed by atoms with Gasteiger partial charge in [-0.1, -0.05) is 25.0 Å². The van der Waals surface area contributed by atoms with Crippen molar-refractivity contribution >= 4 is 22.7 Å². The summed E-state index contributed by atoms with van der Waals surface area (Å²) >= 11 is 0. The Morgan fingerprint density at radius 3 is 2.88 bits per heavy atom. The molecule has 166 valence electrons. The predicted molar refractivity (Wildman–Crippen MR) is 125 cm³/mol. The minimum atomic E-state index is -0.507. The van der Waals surface area contributed by atoms with E-state index in [2.05, 4.69) is 22.0 Å². The van der Waals surface area contributed by atoms with Crippen LogP contribution in [0.25, 0.3) is 17.0 Å². The van der Waals surface area contributed by atoms with Crippen molar-refractivity contribution in [1.82, 2.24) is 14.5 Å². The first-order chi connectivity index (χ1) is 15.6. The molecule has 0 bridgehead atoms. The van der Waals surface area contributed by atoms with Crippen molar-refractivity contribution in [3.05, 3.63) is 63.8 Å². The van der Waals surface area contributed by atoms with Gasteiger partial charge in [-0.2, -0.15) is 0 Å². The maximum atomic E-state index is 13.6. The molecule has 0 radical (unpaired) electrons. The van der Waals surface area contributed by atoms with Crippen LogP contribution < -0.4 is 15.2 Å². The zero-order chi connectivity index (χ0) is 22.2. The summed E-state index contributed by atoms with van der Waals surface area (Å²) in [5, 5.41) is 11.1. The Bertz CT molecular complexity index is 1250. The van der Waals surface area contributed by atoms with Gasteiger partial charge >= 0.3 is 0 Å². The number of ether oxygens (including phenoxy) is 1. The molecule has 2 aromatic heterocycles. The summed E-state index contributed by atoms with van der Waals surface area (Å²) in [4.78, 5) is 24.7. The molecule has 7 heteroatoms. The van der Waals surface area contributed by atoms with Crippen LogP contribution in [0.1, 0.15) is 48.4 Å². The Hall–Kier alpha value is -3.19. The van der Waals surface area contributed by atoms with Crippen molar-refractivity contribution in [3.8, 4) is 5.88 Å². The van der Waals surface area contributed by atoms with Gasteiger partial charge in [-0.25, -0.2) is 9.97 Å². The van der Waals surface area contributed by atoms with Gasteiger partial charge < -0.3 is 14.7 Å². The Labute approximate surface area is 187 Å².